The van der Waals surface area contributed by atoms with E-state index >= 15 is 0 Å². The highest BCUT2D eigenvalue weighted by atomic mass is 32.1. The molecule has 0 aliphatic carbocycles. The Morgan fingerprint density at radius 3 is 2.93 bits per heavy atom. The monoisotopic (exact) mass is 213 g/mol. The topological polar surface area (TPSA) is 28.2 Å². The molecule has 0 saturated carbocycles. The second kappa shape index (κ2) is 6.11. The summed E-state index contributed by atoms with van der Waals surface area (Å²) >= 11 is 1.82. The van der Waals surface area contributed by atoms with E-state index < -0.39 is 0 Å². The molecule has 1 aromatic heterocycles. The lowest BCUT2D eigenvalue weighted by atomic mass is 10.4. The average Bonchev–Trinajstić information content (AvgIpc) is 2.62. The Balaban J connectivity index is 2.35. The summed E-state index contributed by atoms with van der Waals surface area (Å²) in [7, 11) is 4.12. The SMILES string of the molecule is CCc1ncc(CN(C)CCNC)s1. The normalized spacial score (nSPS) is 11.1. The minimum Gasteiger partial charge on any atom is -0.318 e. The number of aryl methyl sites for hydroxylation is 1. The Morgan fingerprint density at radius 1 is 1.57 bits per heavy atom. The molecule has 0 unspecified atom stereocenters. The summed E-state index contributed by atoms with van der Waals surface area (Å²) in [5, 5.41) is 4.38. The number of aromatic nitrogens is 1. The fourth-order valence-electron chi connectivity index (χ4n) is 1.23. The van der Waals surface area contributed by atoms with Crippen molar-refractivity contribution in [2.24, 2.45) is 0 Å². The van der Waals surface area contributed by atoms with Crippen molar-refractivity contribution >= 4 is 11.3 Å². The molecule has 0 spiro atoms. The van der Waals surface area contributed by atoms with Crippen molar-refractivity contribution in [1.82, 2.24) is 15.2 Å². The Kier molecular flexibility index (Phi) is 5.07. The molecule has 1 rings (SSSR count). The van der Waals surface area contributed by atoms with Gasteiger partial charge in [0.25, 0.3) is 0 Å². The van der Waals surface area contributed by atoms with Gasteiger partial charge in [-0.2, -0.15) is 0 Å². The smallest absolute Gasteiger partial charge is 0.0925 e. The summed E-state index contributed by atoms with van der Waals surface area (Å²) in [6, 6.07) is 0. The van der Waals surface area contributed by atoms with Gasteiger partial charge in [0.05, 0.1) is 5.01 Å². The molecule has 0 aromatic carbocycles. The van der Waals surface area contributed by atoms with Crippen LogP contribution in [0.2, 0.25) is 0 Å². The standard InChI is InChI=1S/C10H19N3S/c1-4-10-12-7-9(14-10)8-13(3)6-5-11-2/h7,11H,4-6,8H2,1-3H3. The molecule has 80 valence electrons. The van der Waals surface area contributed by atoms with Crippen molar-refractivity contribution in [3.8, 4) is 0 Å². The van der Waals surface area contributed by atoms with Gasteiger partial charge in [0.15, 0.2) is 0 Å². The van der Waals surface area contributed by atoms with E-state index in [2.05, 4.69) is 29.2 Å². The number of nitrogens with one attached hydrogen (secondary N) is 1. The fraction of sp³-hybridized carbons (Fsp3) is 0.700. The molecule has 0 bridgehead atoms. The van der Waals surface area contributed by atoms with Crippen molar-refractivity contribution < 1.29 is 0 Å². The lowest BCUT2D eigenvalue weighted by Crippen LogP contribution is -2.26. The maximum atomic E-state index is 4.34. The first kappa shape index (κ1) is 11.6. The first-order valence-corrected chi connectivity index (χ1v) is 5.84. The molecular formula is C10H19N3S. The van der Waals surface area contributed by atoms with Gasteiger partial charge in [-0.05, 0) is 20.5 Å². The van der Waals surface area contributed by atoms with Crippen LogP contribution in [-0.2, 0) is 13.0 Å². The minimum absolute atomic E-state index is 1.01. The minimum atomic E-state index is 1.01. The van der Waals surface area contributed by atoms with Gasteiger partial charge in [0, 0.05) is 30.7 Å². The molecule has 4 heteroatoms. The predicted molar refractivity (Wildman–Crippen MR) is 61.8 cm³/mol. The zero-order valence-corrected chi connectivity index (χ0v) is 10.0. The first-order valence-electron chi connectivity index (χ1n) is 5.03. The number of likely N-dealkylation sites (N-methyl/N-ethyl adjacent to an activating group) is 2. The molecule has 0 radical (unpaired) electrons. The van der Waals surface area contributed by atoms with Crippen molar-refractivity contribution in [2.75, 3.05) is 27.2 Å². The van der Waals surface area contributed by atoms with Crippen LogP contribution in [0.4, 0.5) is 0 Å². The lowest BCUT2D eigenvalue weighted by molar-refractivity contribution is 0.331. The van der Waals surface area contributed by atoms with Crippen molar-refractivity contribution in [1.29, 1.82) is 0 Å². The Labute approximate surface area is 90.2 Å². The van der Waals surface area contributed by atoms with E-state index in [1.54, 1.807) is 0 Å². The molecule has 14 heavy (non-hydrogen) atoms. The molecule has 0 aliphatic heterocycles. The highest BCUT2D eigenvalue weighted by Crippen LogP contribution is 2.14. The third-order valence-corrected chi connectivity index (χ3v) is 3.20. The molecule has 1 N–H and O–H groups in total. The first-order chi connectivity index (χ1) is 6.76. The molecular weight excluding hydrogens is 194 g/mol. The van der Waals surface area contributed by atoms with Gasteiger partial charge < -0.3 is 5.32 Å². The van der Waals surface area contributed by atoms with Crippen LogP contribution in [0, 0.1) is 0 Å². The zero-order valence-electron chi connectivity index (χ0n) is 9.21. The summed E-state index contributed by atoms with van der Waals surface area (Å²) in [5.74, 6) is 0. The van der Waals surface area contributed by atoms with E-state index in [1.807, 2.05) is 24.6 Å². The molecule has 1 aromatic rings. The van der Waals surface area contributed by atoms with Gasteiger partial charge in [0.2, 0.25) is 0 Å². The molecule has 3 nitrogen and oxygen atoms in total. The van der Waals surface area contributed by atoms with E-state index in [-0.39, 0.29) is 0 Å². The van der Waals surface area contributed by atoms with E-state index in [0.29, 0.717) is 0 Å². The largest absolute Gasteiger partial charge is 0.318 e. The van der Waals surface area contributed by atoms with Gasteiger partial charge in [-0.1, -0.05) is 6.92 Å². The highest BCUT2D eigenvalue weighted by molar-refractivity contribution is 7.11. The molecule has 0 saturated heterocycles. The second-order valence-electron chi connectivity index (χ2n) is 3.42. The third-order valence-electron chi connectivity index (χ3n) is 2.07. The Bertz CT molecular complexity index is 260. The average molecular weight is 213 g/mol. The van der Waals surface area contributed by atoms with Crippen LogP contribution in [0.15, 0.2) is 6.20 Å². The predicted octanol–water partition coefficient (Wildman–Crippen LogP) is 1.36. The number of rotatable bonds is 6. The molecule has 0 fully saturated rings. The van der Waals surface area contributed by atoms with Crippen LogP contribution in [0.5, 0.6) is 0 Å². The van der Waals surface area contributed by atoms with Gasteiger partial charge in [-0.3, -0.25) is 4.90 Å². The molecule has 0 atom stereocenters. The van der Waals surface area contributed by atoms with Crippen molar-refractivity contribution in [2.45, 2.75) is 19.9 Å². The van der Waals surface area contributed by atoms with E-state index in [1.165, 1.54) is 9.88 Å². The Hall–Kier alpha value is -0.450. The van der Waals surface area contributed by atoms with Gasteiger partial charge in [-0.15, -0.1) is 11.3 Å². The van der Waals surface area contributed by atoms with Gasteiger partial charge in [-0.25, -0.2) is 4.98 Å². The maximum Gasteiger partial charge on any atom is 0.0925 e. The maximum absolute atomic E-state index is 4.34. The third kappa shape index (κ3) is 3.74. The van der Waals surface area contributed by atoms with Crippen molar-refractivity contribution in [3.63, 3.8) is 0 Å². The Morgan fingerprint density at radius 2 is 2.36 bits per heavy atom. The summed E-state index contributed by atoms with van der Waals surface area (Å²) < 4.78 is 0. The van der Waals surface area contributed by atoms with Crippen LogP contribution >= 0.6 is 11.3 Å². The van der Waals surface area contributed by atoms with Crippen LogP contribution in [0.25, 0.3) is 0 Å². The summed E-state index contributed by atoms with van der Waals surface area (Å²) in [6.45, 7) is 5.28. The highest BCUT2D eigenvalue weighted by Gasteiger charge is 2.03. The fourth-order valence-corrected chi connectivity index (χ4v) is 2.18. The van der Waals surface area contributed by atoms with Crippen molar-refractivity contribution in [3.05, 3.63) is 16.1 Å². The summed E-state index contributed by atoms with van der Waals surface area (Å²) in [4.78, 5) is 8.01. The quantitative estimate of drug-likeness (QED) is 0.773. The lowest BCUT2D eigenvalue weighted by Gasteiger charge is -2.14. The molecule has 0 amide bonds. The molecule has 0 aliphatic rings. The van der Waals surface area contributed by atoms with Crippen LogP contribution in [0.3, 0.4) is 0 Å². The van der Waals surface area contributed by atoms with Crippen LogP contribution in [0.1, 0.15) is 16.8 Å². The van der Waals surface area contributed by atoms with E-state index in [0.717, 1.165) is 26.1 Å². The number of hydrogen-bond acceptors (Lipinski definition) is 4. The summed E-state index contributed by atoms with van der Waals surface area (Å²) in [6.07, 6.45) is 3.05. The van der Waals surface area contributed by atoms with E-state index in [9.17, 15) is 0 Å². The van der Waals surface area contributed by atoms with Crippen LogP contribution in [-0.4, -0.2) is 37.1 Å². The molecule has 1 heterocycles. The number of hydrogen-bond donors (Lipinski definition) is 1. The second-order valence-corrected chi connectivity index (χ2v) is 4.61. The van der Waals surface area contributed by atoms with Gasteiger partial charge >= 0.3 is 0 Å². The summed E-state index contributed by atoms with van der Waals surface area (Å²) in [5.41, 5.74) is 0. The van der Waals surface area contributed by atoms with E-state index in [4.69, 9.17) is 0 Å². The van der Waals surface area contributed by atoms with Gasteiger partial charge in [0.1, 0.15) is 0 Å². The number of thiazole rings is 1. The zero-order chi connectivity index (χ0) is 10.4. The number of nitrogens with zero attached hydrogens (tertiary/aromatic N) is 2. The van der Waals surface area contributed by atoms with Crippen LogP contribution < -0.4 is 5.32 Å².